The molecule has 0 heterocycles. The highest BCUT2D eigenvalue weighted by Crippen LogP contribution is 2.26. The van der Waals surface area contributed by atoms with Gasteiger partial charge in [-0.3, -0.25) is 0 Å². The van der Waals surface area contributed by atoms with Gasteiger partial charge in [-0.1, -0.05) is 24.3 Å². The van der Waals surface area contributed by atoms with E-state index in [1.807, 2.05) is 42.5 Å². The SMILES string of the molecule is CSc1ccccc1OCCCOc1ccc(CN)cc1. The van der Waals surface area contributed by atoms with Crippen LogP contribution in [-0.4, -0.2) is 19.5 Å². The first-order chi connectivity index (χ1) is 10.3. The first-order valence-corrected chi connectivity index (χ1v) is 8.23. The Balaban J connectivity index is 1.70. The van der Waals surface area contributed by atoms with E-state index in [1.165, 1.54) is 0 Å². The zero-order valence-corrected chi connectivity index (χ0v) is 13.1. The van der Waals surface area contributed by atoms with Gasteiger partial charge in [0.2, 0.25) is 0 Å². The molecule has 2 rings (SSSR count). The minimum atomic E-state index is 0.559. The number of hydrogen-bond acceptors (Lipinski definition) is 4. The van der Waals surface area contributed by atoms with Crippen LogP contribution in [0.2, 0.25) is 0 Å². The minimum absolute atomic E-state index is 0.559. The molecule has 21 heavy (non-hydrogen) atoms. The molecule has 0 bridgehead atoms. The summed E-state index contributed by atoms with van der Waals surface area (Å²) in [6.07, 6.45) is 2.90. The Bertz CT molecular complexity index is 543. The van der Waals surface area contributed by atoms with E-state index >= 15 is 0 Å². The third-order valence-electron chi connectivity index (χ3n) is 3.04. The van der Waals surface area contributed by atoms with Gasteiger partial charge in [-0.25, -0.2) is 0 Å². The van der Waals surface area contributed by atoms with E-state index in [0.29, 0.717) is 19.8 Å². The van der Waals surface area contributed by atoms with Crippen LogP contribution < -0.4 is 15.2 Å². The van der Waals surface area contributed by atoms with Crippen LogP contribution in [-0.2, 0) is 6.54 Å². The van der Waals surface area contributed by atoms with Crippen molar-refractivity contribution in [3.05, 3.63) is 54.1 Å². The van der Waals surface area contributed by atoms with Crippen molar-refractivity contribution < 1.29 is 9.47 Å². The van der Waals surface area contributed by atoms with Crippen molar-refractivity contribution in [2.45, 2.75) is 17.9 Å². The number of hydrogen-bond donors (Lipinski definition) is 1. The Morgan fingerprint density at radius 2 is 1.67 bits per heavy atom. The molecule has 0 radical (unpaired) electrons. The molecule has 0 amide bonds. The lowest BCUT2D eigenvalue weighted by Gasteiger charge is -2.10. The summed E-state index contributed by atoms with van der Waals surface area (Å²) in [4.78, 5) is 1.16. The first-order valence-electron chi connectivity index (χ1n) is 7.01. The number of rotatable bonds is 8. The van der Waals surface area contributed by atoms with Crippen LogP contribution in [0.15, 0.2) is 53.4 Å². The molecule has 2 aromatic carbocycles. The quantitative estimate of drug-likeness (QED) is 0.596. The van der Waals surface area contributed by atoms with E-state index in [1.54, 1.807) is 11.8 Å². The first kappa shape index (κ1) is 15.7. The summed E-state index contributed by atoms with van der Waals surface area (Å²) < 4.78 is 11.5. The fourth-order valence-electron chi connectivity index (χ4n) is 1.89. The predicted molar refractivity (Wildman–Crippen MR) is 88.2 cm³/mol. The van der Waals surface area contributed by atoms with E-state index in [2.05, 4.69) is 12.3 Å². The largest absolute Gasteiger partial charge is 0.493 e. The highest BCUT2D eigenvalue weighted by molar-refractivity contribution is 7.98. The zero-order valence-electron chi connectivity index (χ0n) is 12.2. The van der Waals surface area contributed by atoms with Gasteiger partial charge in [-0.05, 0) is 36.1 Å². The molecule has 112 valence electrons. The van der Waals surface area contributed by atoms with Crippen molar-refractivity contribution in [3.8, 4) is 11.5 Å². The normalized spacial score (nSPS) is 10.4. The summed E-state index contributed by atoms with van der Waals surface area (Å²) >= 11 is 1.69. The Morgan fingerprint density at radius 3 is 2.38 bits per heavy atom. The molecule has 0 aliphatic carbocycles. The molecule has 0 saturated carbocycles. The van der Waals surface area contributed by atoms with Crippen LogP contribution in [0.3, 0.4) is 0 Å². The van der Waals surface area contributed by atoms with Crippen LogP contribution in [0.25, 0.3) is 0 Å². The molecule has 0 saturated heterocycles. The lowest BCUT2D eigenvalue weighted by Crippen LogP contribution is -2.05. The van der Waals surface area contributed by atoms with Gasteiger partial charge in [0.1, 0.15) is 11.5 Å². The molecule has 0 aliphatic heterocycles. The molecular weight excluding hydrogens is 282 g/mol. The second kappa shape index (κ2) is 8.60. The average Bonchev–Trinajstić information content (AvgIpc) is 2.55. The van der Waals surface area contributed by atoms with Gasteiger partial charge in [0, 0.05) is 17.9 Å². The van der Waals surface area contributed by atoms with Crippen molar-refractivity contribution in [3.63, 3.8) is 0 Å². The van der Waals surface area contributed by atoms with Crippen LogP contribution in [0.4, 0.5) is 0 Å². The monoisotopic (exact) mass is 303 g/mol. The van der Waals surface area contributed by atoms with Crippen LogP contribution in [0, 0.1) is 0 Å². The van der Waals surface area contributed by atoms with Crippen LogP contribution in [0.5, 0.6) is 11.5 Å². The molecule has 0 atom stereocenters. The van der Waals surface area contributed by atoms with Gasteiger partial charge in [0.25, 0.3) is 0 Å². The standard InChI is InChI=1S/C17H21NO2S/c1-21-17-6-3-2-5-16(17)20-12-4-11-19-15-9-7-14(13-18)8-10-15/h2-3,5-10H,4,11-13,18H2,1H3. The number of para-hydroxylation sites is 1. The third-order valence-corrected chi connectivity index (χ3v) is 3.82. The lowest BCUT2D eigenvalue weighted by molar-refractivity contribution is 0.244. The smallest absolute Gasteiger partial charge is 0.132 e. The Morgan fingerprint density at radius 1 is 0.952 bits per heavy atom. The lowest BCUT2D eigenvalue weighted by atomic mass is 10.2. The van der Waals surface area contributed by atoms with Gasteiger partial charge in [0.05, 0.1) is 13.2 Å². The number of nitrogens with two attached hydrogens (primary N) is 1. The zero-order chi connectivity index (χ0) is 14.9. The van der Waals surface area contributed by atoms with Crippen molar-refractivity contribution in [2.75, 3.05) is 19.5 Å². The number of ether oxygens (including phenoxy) is 2. The molecule has 0 fully saturated rings. The fraction of sp³-hybridized carbons (Fsp3) is 0.294. The van der Waals surface area contributed by atoms with Crippen molar-refractivity contribution >= 4 is 11.8 Å². The summed E-state index contributed by atoms with van der Waals surface area (Å²) in [5.74, 6) is 1.81. The molecular formula is C17H21NO2S. The third kappa shape index (κ3) is 4.99. The summed E-state index contributed by atoms with van der Waals surface area (Å²) in [6, 6.07) is 15.9. The summed E-state index contributed by atoms with van der Waals surface area (Å²) in [5.41, 5.74) is 6.67. The fourth-order valence-corrected chi connectivity index (χ4v) is 2.43. The van der Waals surface area contributed by atoms with Gasteiger partial charge in [-0.15, -0.1) is 11.8 Å². The topological polar surface area (TPSA) is 44.5 Å². The highest BCUT2D eigenvalue weighted by atomic mass is 32.2. The molecule has 0 aliphatic rings. The summed E-state index contributed by atoms with van der Waals surface area (Å²) in [7, 11) is 0. The summed E-state index contributed by atoms with van der Waals surface area (Å²) in [5, 5.41) is 0. The molecule has 2 aromatic rings. The van der Waals surface area contributed by atoms with Gasteiger partial charge >= 0.3 is 0 Å². The van der Waals surface area contributed by atoms with Crippen LogP contribution in [0.1, 0.15) is 12.0 Å². The van der Waals surface area contributed by atoms with Crippen LogP contribution >= 0.6 is 11.8 Å². The Kier molecular flexibility index (Phi) is 6.44. The number of benzene rings is 2. The van der Waals surface area contributed by atoms with Gasteiger partial charge in [-0.2, -0.15) is 0 Å². The molecule has 0 aromatic heterocycles. The molecule has 0 spiro atoms. The van der Waals surface area contributed by atoms with E-state index in [4.69, 9.17) is 15.2 Å². The maximum atomic E-state index is 5.79. The van der Waals surface area contributed by atoms with Crippen molar-refractivity contribution in [1.29, 1.82) is 0 Å². The maximum Gasteiger partial charge on any atom is 0.132 e. The second-order valence-electron chi connectivity index (χ2n) is 4.55. The van der Waals surface area contributed by atoms with Gasteiger partial charge in [0.15, 0.2) is 0 Å². The predicted octanol–water partition coefficient (Wildman–Crippen LogP) is 3.72. The van der Waals surface area contributed by atoms with E-state index in [0.717, 1.165) is 28.4 Å². The van der Waals surface area contributed by atoms with E-state index < -0.39 is 0 Å². The van der Waals surface area contributed by atoms with E-state index in [9.17, 15) is 0 Å². The molecule has 4 heteroatoms. The Hall–Kier alpha value is -1.65. The number of thioether (sulfide) groups is 1. The average molecular weight is 303 g/mol. The summed E-state index contributed by atoms with van der Waals surface area (Å²) in [6.45, 7) is 1.85. The van der Waals surface area contributed by atoms with Crippen molar-refractivity contribution in [2.24, 2.45) is 5.73 Å². The maximum absolute atomic E-state index is 5.79. The minimum Gasteiger partial charge on any atom is -0.493 e. The molecule has 0 unspecified atom stereocenters. The molecule has 2 N–H and O–H groups in total. The van der Waals surface area contributed by atoms with Gasteiger partial charge < -0.3 is 15.2 Å². The second-order valence-corrected chi connectivity index (χ2v) is 5.40. The van der Waals surface area contributed by atoms with E-state index in [-0.39, 0.29) is 0 Å². The molecule has 3 nitrogen and oxygen atoms in total. The Labute approximate surface area is 130 Å². The van der Waals surface area contributed by atoms with Crippen molar-refractivity contribution in [1.82, 2.24) is 0 Å². The highest BCUT2D eigenvalue weighted by Gasteiger charge is 2.01.